The highest BCUT2D eigenvalue weighted by Crippen LogP contribution is 2.24. The lowest BCUT2D eigenvalue weighted by Gasteiger charge is -2.10. The van der Waals surface area contributed by atoms with Gasteiger partial charge < -0.3 is 14.8 Å². The van der Waals surface area contributed by atoms with Crippen LogP contribution in [0.3, 0.4) is 0 Å². The van der Waals surface area contributed by atoms with Gasteiger partial charge in [0.05, 0.1) is 12.8 Å². The molecule has 0 spiro atoms. The van der Waals surface area contributed by atoms with Crippen LogP contribution < -0.4 is 14.8 Å². The number of nitrogens with one attached hydrogen (secondary N) is 1. The fourth-order valence-corrected chi connectivity index (χ4v) is 2.37. The van der Waals surface area contributed by atoms with Gasteiger partial charge in [-0.25, -0.2) is 4.68 Å². The maximum Gasteiger partial charge on any atom is 0.255 e. The number of carbonyl (C=O) groups excluding carboxylic acids is 1. The van der Waals surface area contributed by atoms with Gasteiger partial charge in [0.15, 0.2) is 5.82 Å². The molecule has 2 aromatic carbocycles. The van der Waals surface area contributed by atoms with Crippen molar-refractivity contribution in [3.63, 3.8) is 0 Å². The number of methoxy groups -OCH3 is 1. The minimum atomic E-state index is -0.226. The number of tetrazole rings is 1. The number of benzene rings is 2. The normalized spacial score (nSPS) is 10.4. The number of aromatic nitrogens is 4. The minimum Gasteiger partial charge on any atom is -0.495 e. The molecule has 3 rings (SSSR count). The van der Waals surface area contributed by atoms with Crippen molar-refractivity contribution in [1.29, 1.82) is 0 Å². The SMILES string of the molecule is CCn1nnnc1COc1ccc(C(=O)Nc2ccccc2OC)cc1. The first-order chi connectivity index (χ1) is 12.7. The van der Waals surface area contributed by atoms with Crippen LogP contribution in [0, 0.1) is 0 Å². The summed E-state index contributed by atoms with van der Waals surface area (Å²) in [5.41, 5.74) is 1.13. The molecule has 1 N–H and O–H groups in total. The molecule has 0 aliphatic heterocycles. The maximum absolute atomic E-state index is 12.4. The number of carbonyl (C=O) groups is 1. The third kappa shape index (κ3) is 3.97. The molecule has 1 amide bonds. The number of hydrogen-bond donors (Lipinski definition) is 1. The van der Waals surface area contributed by atoms with E-state index in [4.69, 9.17) is 9.47 Å². The molecule has 0 saturated heterocycles. The van der Waals surface area contributed by atoms with Crippen LogP contribution in [0.2, 0.25) is 0 Å². The van der Waals surface area contributed by atoms with E-state index < -0.39 is 0 Å². The summed E-state index contributed by atoms with van der Waals surface area (Å²) in [6.07, 6.45) is 0. The van der Waals surface area contributed by atoms with Crippen molar-refractivity contribution >= 4 is 11.6 Å². The molecule has 0 radical (unpaired) electrons. The van der Waals surface area contributed by atoms with E-state index in [9.17, 15) is 4.79 Å². The molecule has 1 heterocycles. The lowest BCUT2D eigenvalue weighted by molar-refractivity contribution is 0.102. The summed E-state index contributed by atoms with van der Waals surface area (Å²) in [7, 11) is 1.56. The molecule has 8 nitrogen and oxygen atoms in total. The van der Waals surface area contributed by atoms with Crippen molar-refractivity contribution in [1.82, 2.24) is 20.2 Å². The zero-order valence-corrected chi connectivity index (χ0v) is 14.5. The first-order valence-corrected chi connectivity index (χ1v) is 8.13. The topological polar surface area (TPSA) is 91.2 Å². The summed E-state index contributed by atoms with van der Waals surface area (Å²) in [6.45, 7) is 2.89. The van der Waals surface area contributed by atoms with Crippen molar-refractivity contribution in [2.75, 3.05) is 12.4 Å². The number of hydrogen-bond acceptors (Lipinski definition) is 6. The Balaban J connectivity index is 1.62. The van der Waals surface area contributed by atoms with E-state index >= 15 is 0 Å². The van der Waals surface area contributed by atoms with Gasteiger partial charge in [-0.15, -0.1) is 5.10 Å². The predicted octanol–water partition coefficient (Wildman–Crippen LogP) is 2.53. The number of rotatable bonds is 7. The predicted molar refractivity (Wildman–Crippen MR) is 95.2 cm³/mol. The van der Waals surface area contributed by atoms with Crippen LogP contribution >= 0.6 is 0 Å². The number of nitrogens with zero attached hydrogens (tertiary/aromatic N) is 4. The second-order valence-corrected chi connectivity index (χ2v) is 5.38. The van der Waals surface area contributed by atoms with Crippen LogP contribution in [0.25, 0.3) is 0 Å². The van der Waals surface area contributed by atoms with Gasteiger partial charge in [-0.1, -0.05) is 12.1 Å². The Morgan fingerprint density at radius 3 is 2.65 bits per heavy atom. The smallest absolute Gasteiger partial charge is 0.255 e. The van der Waals surface area contributed by atoms with Crippen molar-refractivity contribution in [3.8, 4) is 11.5 Å². The largest absolute Gasteiger partial charge is 0.495 e. The molecule has 0 atom stereocenters. The molecule has 0 fully saturated rings. The fourth-order valence-electron chi connectivity index (χ4n) is 2.37. The Morgan fingerprint density at radius 1 is 1.15 bits per heavy atom. The van der Waals surface area contributed by atoms with Crippen LogP contribution in [0.15, 0.2) is 48.5 Å². The lowest BCUT2D eigenvalue weighted by atomic mass is 10.2. The van der Waals surface area contributed by atoms with Gasteiger partial charge in [-0.2, -0.15) is 0 Å². The van der Waals surface area contributed by atoms with E-state index in [1.54, 1.807) is 48.2 Å². The van der Waals surface area contributed by atoms with Gasteiger partial charge in [0.25, 0.3) is 5.91 Å². The van der Waals surface area contributed by atoms with E-state index in [1.165, 1.54) is 0 Å². The van der Waals surface area contributed by atoms with E-state index in [-0.39, 0.29) is 12.5 Å². The first kappa shape index (κ1) is 17.4. The molecule has 26 heavy (non-hydrogen) atoms. The first-order valence-electron chi connectivity index (χ1n) is 8.13. The average Bonchev–Trinajstić information content (AvgIpc) is 3.14. The average molecular weight is 353 g/mol. The molecule has 0 aliphatic carbocycles. The van der Waals surface area contributed by atoms with E-state index in [1.807, 2.05) is 19.1 Å². The Morgan fingerprint density at radius 2 is 1.92 bits per heavy atom. The van der Waals surface area contributed by atoms with Gasteiger partial charge in [-0.05, 0) is 53.7 Å². The Bertz CT molecular complexity index is 877. The van der Waals surface area contributed by atoms with Crippen molar-refractivity contribution in [3.05, 3.63) is 59.9 Å². The van der Waals surface area contributed by atoms with E-state index in [2.05, 4.69) is 20.8 Å². The highest BCUT2D eigenvalue weighted by Gasteiger charge is 2.10. The third-order valence-electron chi connectivity index (χ3n) is 3.75. The highest BCUT2D eigenvalue weighted by molar-refractivity contribution is 6.05. The molecular weight excluding hydrogens is 334 g/mol. The van der Waals surface area contributed by atoms with Crippen LogP contribution in [-0.2, 0) is 13.2 Å². The molecule has 1 aromatic heterocycles. The molecule has 134 valence electrons. The fraction of sp³-hybridized carbons (Fsp3) is 0.222. The lowest BCUT2D eigenvalue weighted by Crippen LogP contribution is -2.12. The van der Waals surface area contributed by atoms with Gasteiger partial charge in [0.2, 0.25) is 0 Å². The number of ether oxygens (including phenoxy) is 2. The molecule has 3 aromatic rings. The zero-order valence-electron chi connectivity index (χ0n) is 14.5. The monoisotopic (exact) mass is 353 g/mol. The molecule has 0 saturated carbocycles. The molecule has 0 aliphatic rings. The zero-order chi connectivity index (χ0) is 18.4. The summed E-state index contributed by atoms with van der Waals surface area (Å²) in [5, 5.41) is 14.2. The second kappa shape index (κ2) is 8.11. The quantitative estimate of drug-likeness (QED) is 0.702. The molecular formula is C18H19N5O3. The van der Waals surface area contributed by atoms with E-state index in [0.29, 0.717) is 35.1 Å². The van der Waals surface area contributed by atoms with Gasteiger partial charge in [0.1, 0.15) is 18.1 Å². The van der Waals surface area contributed by atoms with Crippen LogP contribution in [0.1, 0.15) is 23.1 Å². The Hall–Kier alpha value is -3.42. The standard InChI is InChI=1S/C18H19N5O3/c1-3-23-17(20-21-22-23)12-26-14-10-8-13(9-11-14)18(24)19-15-6-4-5-7-16(15)25-2/h4-11H,3,12H2,1-2H3,(H,19,24). The van der Waals surface area contributed by atoms with E-state index in [0.717, 1.165) is 0 Å². The Labute approximate surface area is 150 Å². The van der Waals surface area contributed by atoms with Crippen molar-refractivity contribution in [2.24, 2.45) is 0 Å². The highest BCUT2D eigenvalue weighted by atomic mass is 16.5. The van der Waals surface area contributed by atoms with Gasteiger partial charge in [-0.3, -0.25) is 4.79 Å². The van der Waals surface area contributed by atoms with Crippen molar-refractivity contribution < 1.29 is 14.3 Å². The van der Waals surface area contributed by atoms with Crippen LogP contribution in [0.5, 0.6) is 11.5 Å². The third-order valence-corrected chi connectivity index (χ3v) is 3.75. The molecule has 0 bridgehead atoms. The summed E-state index contributed by atoms with van der Waals surface area (Å²) in [6, 6.07) is 14.1. The minimum absolute atomic E-state index is 0.226. The van der Waals surface area contributed by atoms with Gasteiger partial charge >= 0.3 is 0 Å². The molecule has 8 heteroatoms. The number of amides is 1. The summed E-state index contributed by atoms with van der Waals surface area (Å²) < 4.78 is 12.6. The molecule has 0 unspecified atom stereocenters. The van der Waals surface area contributed by atoms with Crippen LogP contribution in [-0.4, -0.2) is 33.2 Å². The number of aryl methyl sites for hydroxylation is 1. The summed E-state index contributed by atoms with van der Waals surface area (Å²) >= 11 is 0. The Kier molecular flexibility index (Phi) is 5.43. The van der Waals surface area contributed by atoms with Crippen LogP contribution in [0.4, 0.5) is 5.69 Å². The summed E-state index contributed by atoms with van der Waals surface area (Å²) in [5.74, 6) is 1.65. The summed E-state index contributed by atoms with van der Waals surface area (Å²) in [4.78, 5) is 12.4. The second-order valence-electron chi connectivity index (χ2n) is 5.38. The number of anilines is 1. The maximum atomic E-state index is 12.4. The van der Waals surface area contributed by atoms with Crippen molar-refractivity contribution in [2.45, 2.75) is 20.1 Å². The number of para-hydroxylation sites is 2. The van der Waals surface area contributed by atoms with Gasteiger partial charge in [0, 0.05) is 12.1 Å².